The number of nitrogens with two attached hydrogens (primary N) is 1. The lowest BCUT2D eigenvalue weighted by Gasteiger charge is -2.24. The summed E-state index contributed by atoms with van der Waals surface area (Å²) < 4.78 is 5.46. The standard InChI is InChI=1S/C16H26N2O/c1-10-6-5-7-13(10)14(17)8-15-12(3)16(19-4)11(2)9-18-15/h9-10,13-14H,5-8,17H2,1-4H3. The minimum absolute atomic E-state index is 0.219. The molecule has 2 rings (SSSR count). The quantitative estimate of drug-likeness (QED) is 0.907. The van der Waals surface area contributed by atoms with Crippen molar-refractivity contribution in [3.63, 3.8) is 0 Å². The summed E-state index contributed by atoms with van der Waals surface area (Å²) in [4.78, 5) is 4.56. The van der Waals surface area contributed by atoms with E-state index in [1.807, 2.05) is 13.1 Å². The Morgan fingerprint density at radius 2 is 2.16 bits per heavy atom. The monoisotopic (exact) mass is 262 g/mol. The predicted octanol–water partition coefficient (Wildman–Crippen LogP) is 3.01. The van der Waals surface area contributed by atoms with E-state index < -0.39 is 0 Å². The number of nitrogens with zero attached hydrogens (tertiary/aromatic N) is 1. The van der Waals surface area contributed by atoms with Gasteiger partial charge in [-0.05, 0) is 32.1 Å². The smallest absolute Gasteiger partial charge is 0.128 e. The Labute approximate surface area is 116 Å². The molecule has 1 saturated carbocycles. The molecule has 0 saturated heterocycles. The van der Waals surface area contributed by atoms with Crippen molar-refractivity contribution in [2.24, 2.45) is 17.6 Å². The van der Waals surface area contributed by atoms with Crippen LogP contribution in [0.15, 0.2) is 6.20 Å². The molecule has 0 spiro atoms. The summed E-state index contributed by atoms with van der Waals surface area (Å²) >= 11 is 0. The molecule has 0 aromatic carbocycles. The van der Waals surface area contributed by atoms with Crippen molar-refractivity contribution in [1.82, 2.24) is 4.98 Å². The number of rotatable bonds is 4. The van der Waals surface area contributed by atoms with Crippen LogP contribution in [0.3, 0.4) is 0 Å². The molecule has 1 aromatic rings. The summed E-state index contributed by atoms with van der Waals surface area (Å²) in [6.45, 7) is 6.44. The van der Waals surface area contributed by atoms with Gasteiger partial charge in [-0.15, -0.1) is 0 Å². The molecule has 0 amide bonds. The minimum Gasteiger partial charge on any atom is -0.496 e. The van der Waals surface area contributed by atoms with Crippen LogP contribution >= 0.6 is 0 Å². The maximum atomic E-state index is 6.42. The van der Waals surface area contributed by atoms with Crippen molar-refractivity contribution in [1.29, 1.82) is 0 Å². The summed E-state index contributed by atoms with van der Waals surface area (Å²) in [5, 5.41) is 0. The number of aromatic nitrogens is 1. The highest BCUT2D eigenvalue weighted by Crippen LogP contribution is 2.34. The van der Waals surface area contributed by atoms with Crippen LogP contribution in [-0.4, -0.2) is 18.1 Å². The first-order valence-corrected chi connectivity index (χ1v) is 7.29. The van der Waals surface area contributed by atoms with Crippen molar-refractivity contribution < 1.29 is 4.74 Å². The van der Waals surface area contributed by atoms with Gasteiger partial charge in [0.2, 0.25) is 0 Å². The van der Waals surface area contributed by atoms with Crippen LogP contribution in [0.4, 0.5) is 0 Å². The van der Waals surface area contributed by atoms with Gasteiger partial charge < -0.3 is 10.5 Å². The molecule has 1 aromatic heterocycles. The van der Waals surface area contributed by atoms with Crippen LogP contribution in [0.2, 0.25) is 0 Å². The lowest BCUT2D eigenvalue weighted by atomic mass is 9.87. The Morgan fingerprint density at radius 1 is 1.42 bits per heavy atom. The molecular weight excluding hydrogens is 236 g/mol. The third-order valence-electron chi connectivity index (χ3n) is 4.66. The topological polar surface area (TPSA) is 48.1 Å². The number of pyridine rings is 1. The molecule has 1 fully saturated rings. The van der Waals surface area contributed by atoms with E-state index in [9.17, 15) is 0 Å². The predicted molar refractivity (Wildman–Crippen MR) is 78.4 cm³/mol. The van der Waals surface area contributed by atoms with Gasteiger partial charge in [-0.3, -0.25) is 4.98 Å². The van der Waals surface area contributed by atoms with E-state index in [2.05, 4.69) is 18.8 Å². The Balaban J connectivity index is 2.15. The third kappa shape index (κ3) is 2.92. The minimum atomic E-state index is 0.219. The van der Waals surface area contributed by atoms with E-state index in [4.69, 9.17) is 10.5 Å². The molecule has 19 heavy (non-hydrogen) atoms. The van der Waals surface area contributed by atoms with E-state index in [1.54, 1.807) is 7.11 Å². The number of hydrogen-bond donors (Lipinski definition) is 1. The first-order valence-electron chi connectivity index (χ1n) is 7.29. The van der Waals surface area contributed by atoms with Gasteiger partial charge in [0.25, 0.3) is 0 Å². The Hall–Kier alpha value is -1.09. The van der Waals surface area contributed by atoms with E-state index in [1.165, 1.54) is 19.3 Å². The second kappa shape index (κ2) is 5.91. The maximum Gasteiger partial charge on any atom is 0.128 e. The average molecular weight is 262 g/mol. The third-order valence-corrected chi connectivity index (χ3v) is 4.66. The van der Waals surface area contributed by atoms with E-state index in [0.717, 1.165) is 34.9 Å². The van der Waals surface area contributed by atoms with Crippen LogP contribution in [-0.2, 0) is 6.42 Å². The highest BCUT2D eigenvalue weighted by atomic mass is 16.5. The second-order valence-electron chi connectivity index (χ2n) is 5.99. The molecule has 1 aliphatic carbocycles. The Kier molecular flexibility index (Phi) is 4.46. The van der Waals surface area contributed by atoms with Crippen LogP contribution < -0.4 is 10.5 Å². The lowest BCUT2D eigenvalue weighted by Crippen LogP contribution is -2.34. The van der Waals surface area contributed by atoms with Crippen LogP contribution in [0.5, 0.6) is 5.75 Å². The molecule has 106 valence electrons. The second-order valence-corrected chi connectivity index (χ2v) is 5.99. The zero-order chi connectivity index (χ0) is 14.0. The first kappa shape index (κ1) is 14.3. The van der Waals surface area contributed by atoms with Gasteiger partial charge in [-0.1, -0.05) is 19.8 Å². The van der Waals surface area contributed by atoms with Crippen LogP contribution in [0, 0.1) is 25.7 Å². The molecule has 1 heterocycles. The Morgan fingerprint density at radius 3 is 2.74 bits per heavy atom. The summed E-state index contributed by atoms with van der Waals surface area (Å²) in [5.74, 6) is 2.35. The number of ether oxygens (including phenoxy) is 1. The molecule has 0 bridgehead atoms. The highest BCUT2D eigenvalue weighted by molar-refractivity contribution is 5.41. The molecule has 3 atom stereocenters. The van der Waals surface area contributed by atoms with Crippen LogP contribution in [0.1, 0.15) is 43.0 Å². The zero-order valence-corrected chi connectivity index (χ0v) is 12.6. The van der Waals surface area contributed by atoms with Crippen molar-refractivity contribution >= 4 is 0 Å². The van der Waals surface area contributed by atoms with Gasteiger partial charge in [0.05, 0.1) is 7.11 Å². The maximum absolute atomic E-state index is 6.42. The fraction of sp³-hybridized carbons (Fsp3) is 0.688. The number of methoxy groups -OCH3 is 1. The number of hydrogen-bond acceptors (Lipinski definition) is 3. The van der Waals surface area contributed by atoms with Gasteiger partial charge >= 0.3 is 0 Å². The van der Waals surface area contributed by atoms with Crippen molar-refractivity contribution in [3.8, 4) is 5.75 Å². The SMILES string of the molecule is COc1c(C)cnc(CC(N)C2CCCC2C)c1C. The lowest BCUT2D eigenvalue weighted by molar-refractivity contribution is 0.340. The van der Waals surface area contributed by atoms with Gasteiger partial charge in [0.15, 0.2) is 0 Å². The fourth-order valence-electron chi connectivity index (χ4n) is 3.46. The number of aryl methyl sites for hydroxylation is 1. The van der Waals surface area contributed by atoms with Gasteiger partial charge in [0, 0.05) is 35.5 Å². The van der Waals surface area contributed by atoms with E-state index in [-0.39, 0.29) is 6.04 Å². The summed E-state index contributed by atoms with van der Waals surface area (Å²) in [6.07, 6.45) is 6.67. The molecule has 2 N–H and O–H groups in total. The summed E-state index contributed by atoms with van der Waals surface area (Å²) in [7, 11) is 1.72. The largest absolute Gasteiger partial charge is 0.496 e. The first-order chi connectivity index (χ1) is 9.04. The van der Waals surface area contributed by atoms with Gasteiger partial charge in [-0.2, -0.15) is 0 Å². The van der Waals surface area contributed by atoms with E-state index in [0.29, 0.717) is 5.92 Å². The normalized spacial score (nSPS) is 24.5. The van der Waals surface area contributed by atoms with Crippen LogP contribution in [0.25, 0.3) is 0 Å². The molecule has 3 heteroatoms. The van der Waals surface area contributed by atoms with Crippen molar-refractivity contribution in [2.45, 2.75) is 52.5 Å². The molecule has 0 radical (unpaired) electrons. The molecule has 0 aliphatic heterocycles. The van der Waals surface area contributed by atoms with Gasteiger partial charge in [0.1, 0.15) is 5.75 Å². The summed E-state index contributed by atoms with van der Waals surface area (Å²) in [5.41, 5.74) is 9.74. The zero-order valence-electron chi connectivity index (χ0n) is 12.6. The van der Waals surface area contributed by atoms with E-state index >= 15 is 0 Å². The molecule has 3 nitrogen and oxygen atoms in total. The average Bonchev–Trinajstić information content (AvgIpc) is 2.80. The summed E-state index contributed by atoms with van der Waals surface area (Å²) in [6, 6.07) is 0.219. The molecule has 3 unspecified atom stereocenters. The Bertz CT molecular complexity index is 445. The highest BCUT2D eigenvalue weighted by Gasteiger charge is 2.29. The van der Waals surface area contributed by atoms with Crippen molar-refractivity contribution in [2.75, 3.05) is 7.11 Å². The van der Waals surface area contributed by atoms with Crippen molar-refractivity contribution in [3.05, 3.63) is 23.0 Å². The molecular formula is C16H26N2O. The molecule has 1 aliphatic rings. The van der Waals surface area contributed by atoms with Gasteiger partial charge in [-0.25, -0.2) is 0 Å². The fourth-order valence-corrected chi connectivity index (χ4v) is 3.46.